The number of hydrogen-bond acceptors (Lipinski definition) is 3. The van der Waals surface area contributed by atoms with Gasteiger partial charge in [-0.1, -0.05) is 12.1 Å². The van der Waals surface area contributed by atoms with Gasteiger partial charge in [-0.2, -0.15) is 0 Å². The fourth-order valence-electron chi connectivity index (χ4n) is 1.54. The van der Waals surface area contributed by atoms with Crippen molar-refractivity contribution in [2.45, 2.75) is 6.92 Å². The quantitative estimate of drug-likeness (QED) is 0.623. The van der Waals surface area contributed by atoms with Crippen LogP contribution >= 0.6 is 0 Å². The molecule has 0 N–H and O–H groups in total. The molecule has 0 saturated carbocycles. The molecular formula is C13H9F2NO3. The number of rotatable bonds is 3. The Kier molecular flexibility index (Phi) is 3.41. The number of hydrogen-bond donors (Lipinski definition) is 0. The minimum atomic E-state index is -0.822. The monoisotopic (exact) mass is 265 g/mol. The van der Waals surface area contributed by atoms with E-state index in [4.69, 9.17) is 4.74 Å². The maximum absolute atomic E-state index is 13.7. The Hall–Kier alpha value is -2.50. The summed E-state index contributed by atoms with van der Waals surface area (Å²) >= 11 is 0. The van der Waals surface area contributed by atoms with Crippen molar-refractivity contribution in [2.75, 3.05) is 0 Å². The van der Waals surface area contributed by atoms with Crippen molar-refractivity contribution < 1.29 is 18.4 Å². The molecule has 0 amide bonds. The van der Waals surface area contributed by atoms with Gasteiger partial charge < -0.3 is 4.74 Å². The Balaban J connectivity index is 2.38. The molecule has 2 aromatic carbocycles. The van der Waals surface area contributed by atoms with Crippen LogP contribution in [0.3, 0.4) is 0 Å². The fraction of sp³-hybridized carbons (Fsp3) is 0.0769. The molecule has 0 spiro atoms. The first-order valence-electron chi connectivity index (χ1n) is 5.35. The molecule has 0 heterocycles. The summed E-state index contributed by atoms with van der Waals surface area (Å²) in [5, 5.41) is 10.6. The predicted molar refractivity (Wildman–Crippen MR) is 64.3 cm³/mol. The van der Waals surface area contributed by atoms with Gasteiger partial charge in [-0.15, -0.1) is 0 Å². The van der Waals surface area contributed by atoms with Crippen molar-refractivity contribution in [1.82, 2.24) is 0 Å². The van der Waals surface area contributed by atoms with Gasteiger partial charge >= 0.3 is 0 Å². The van der Waals surface area contributed by atoms with Crippen LogP contribution in [0.5, 0.6) is 11.5 Å². The topological polar surface area (TPSA) is 52.4 Å². The van der Waals surface area contributed by atoms with E-state index in [0.29, 0.717) is 5.56 Å². The first-order chi connectivity index (χ1) is 8.97. The summed E-state index contributed by atoms with van der Waals surface area (Å²) in [6, 6.07) is 7.23. The highest BCUT2D eigenvalue weighted by Crippen LogP contribution is 2.29. The van der Waals surface area contributed by atoms with Crippen LogP contribution in [0.15, 0.2) is 36.4 Å². The zero-order valence-electron chi connectivity index (χ0n) is 9.89. The summed E-state index contributed by atoms with van der Waals surface area (Å²) in [5.74, 6) is -1.65. The van der Waals surface area contributed by atoms with E-state index in [1.54, 1.807) is 19.1 Å². The summed E-state index contributed by atoms with van der Waals surface area (Å²) in [5.41, 5.74) is -0.0912. The van der Waals surface area contributed by atoms with E-state index in [9.17, 15) is 18.9 Å². The van der Waals surface area contributed by atoms with Gasteiger partial charge in [-0.3, -0.25) is 10.1 Å². The minimum Gasteiger partial charge on any atom is -0.454 e. The Labute approximate surface area is 107 Å². The van der Waals surface area contributed by atoms with Crippen LogP contribution in [0.2, 0.25) is 0 Å². The number of ether oxygens (including phenoxy) is 1. The van der Waals surface area contributed by atoms with Crippen LogP contribution in [-0.2, 0) is 0 Å². The second-order valence-corrected chi connectivity index (χ2v) is 3.89. The standard InChI is InChI=1S/C13H9F2NO3/c1-8-3-2-4-12(13(8)15)19-11-6-9(14)5-10(7-11)16(17)18/h2-7H,1H3. The Bertz CT molecular complexity index is 644. The van der Waals surface area contributed by atoms with Crippen molar-refractivity contribution in [3.05, 3.63) is 63.7 Å². The molecule has 0 fully saturated rings. The largest absolute Gasteiger partial charge is 0.454 e. The summed E-state index contributed by atoms with van der Waals surface area (Å²) in [6.45, 7) is 1.55. The highest BCUT2D eigenvalue weighted by atomic mass is 19.1. The van der Waals surface area contributed by atoms with Crippen molar-refractivity contribution in [2.24, 2.45) is 0 Å². The predicted octanol–water partition coefficient (Wildman–Crippen LogP) is 3.97. The summed E-state index contributed by atoms with van der Waals surface area (Å²) in [7, 11) is 0. The highest BCUT2D eigenvalue weighted by Gasteiger charge is 2.13. The van der Waals surface area contributed by atoms with E-state index < -0.39 is 22.2 Å². The molecule has 0 aliphatic rings. The van der Waals surface area contributed by atoms with Gasteiger partial charge in [-0.25, -0.2) is 8.78 Å². The van der Waals surface area contributed by atoms with E-state index in [1.165, 1.54) is 6.07 Å². The van der Waals surface area contributed by atoms with Crippen LogP contribution in [0.4, 0.5) is 14.5 Å². The van der Waals surface area contributed by atoms with E-state index in [1.807, 2.05) is 0 Å². The number of benzene rings is 2. The second kappa shape index (κ2) is 5.01. The van der Waals surface area contributed by atoms with Crippen LogP contribution in [0.1, 0.15) is 5.56 Å². The molecule has 0 unspecified atom stereocenters. The van der Waals surface area contributed by atoms with Gasteiger partial charge in [-0.05, 0) is 18.6 Å². The van der Waals surface area contributed by atoms with Crippen LogP contribution < -0.4 is 4.74 Å². The molecule has 2 rings (SSSR count). The number of aryl methyl sites for hydroxylation is 1. The Morgan fingerprint density at radius 2 is 1.95 bits per heavy atom. The molecule has 0 atom stereocenters. The molecule has 0 radical (unpaired) electrons. The molecule has 0 aliphatic heterocycles. The van der Waals surface area contributed by atoms with Gasteiger partial charge in [0, 0.05) is 6.07 Å². The van der Waals surface area contributed by atoms with Crippen molar-refractivity contribution >= 4 is 5.69 Å². The summed E-state index contributed by atoms with van der Waals surface area (Å²) < 4.78 is 32.0. The van der Waals surface area contributed by atoms with Crippen LogP contribution in [-0.4, -0.2) is 4.92 Å². The second-order valence-electron chi connectivity index (χ2n) is 3.89. The van der Waals surface area contributed by atoms with Crippen LogP contribution in [0, 0.1) is 28.7 Å². The smallest absolute Gasteiger partial charge is 0.276 e. The van der Waals surface area contributed by atoms with E-state index in [2.05, 4.69) is 0 Å². The van der Waals surface area contributed by atoms with Gasteiger partial charge in [0.2, 0.25) is 0 Å². The lowest BCUT2D eigenvalue weighted by molar-refractivity contribution is -0.385. The maximum Gasteiger partial charge on any atom is 0.276 e. The van der Waals surface area contributed by atoms with E-state index in [0.717, 1.165) is 18.2 Å². The lowest BCUT2D eigenvalue weighted by Crippen LogP contribution is -1.94. The fourth-order valence-corrected chi connectivity index (χ4v) is 1.54. The highest BCUT2D eigenvalue weighted by molar-refractivity contribution is 5.42. The number of halogens is 2. The normalized spacial score (nSPS) is 10.3. The zero-order valence-corrected chi connectivity index (χ0v) is 9.89. The molecule has 0 aromatic heterocycles. The number of nitro groups is 1. The third-order valence-corrected chi connectivity index (χ3v) is 2.45. The average molecular weight is 265 g/mol. The molecule has 19 heavy (non-hydrogen) atoms. The molecule has 2 aromatic rings. The van der Waals surface area contributed by atoms with E-state index >= 15 is 0 Å². The molecular weight excluding hydrogens is 256 g/mol. The van der Waals surface area contributed by atoms with Crippen LogP contribution in [0.25, 0.3) is 0 Å². The summed E-state index contributed by atoms with van der Waals surface area (Å²) in [4.78, 5) is 9.84. The molecule has 98 valence electrons. The third kappa shape index (κ3) is 2.85. The SMILES string of the molecule is Cc1cccc(Oc2cc(F)cc([N+](=O)[O-])c2)c1F. The summed E-state index contributed by atoms with van der Waals surface area (Å²) in [6.07, 6.45) is 0. The third-order valence-electron chi connectivity index (χ3n) is 2.45. The first kappa shape index (κ1) is 12.9. The van der Waals surface area contributed by atoms with Crippen molar-refractivity contribution in [3.8, 4) is 11.5 Å². The van der Waals surface area contributed by atoms with Gasteiger partial charge in [0.05, 0.1) is 17.1 Å². The molecule has 0 aliphatic carbocycles. The van der Waals surface area contributed by atoms with E-state index in [-0.39, 0.29) is 11.5 Å². The first-order valence-corrected chi connectivity index (χ1v) is 5.35. The van der Waals surface area contributed by atoms with Gasteiger partial charge in [0.1, 0.15) is 11.6 Å². The minimum absolute atomic E-state index is 0.111. The Morgan fingerprint density at radius 1 is 1.21 bits per heavy atom. The number of non-ortho nitro benzene ring substituents is 1. The zero-order chi connectivity index (χ0) is 14.0. The maximum atomic E-state index is 13.7. The number of nitrogens with zero attached hydrogens (tertiary/aromatic N) is 1. The van der Waals surface area contributed by atoms with Gasteiger partial charge in [0.15, 0.2) is 11.6 Å². The lowest BCUT2D eigenvalue weighted by Gasteiger charge is -2.08. The van der Waals surface area contributed by atoms with Crippen molar-refractivity contribution in [3.63, 3.8) is 0 Å². The average Bonchev–Trinajstić information content (AvgIpc) is 2.34. The number of nitro benzene ring substituents is 1. The van der Waals surface area contributed by atoms with Crippen molar-refractivity contribution in [1.29, 1.82) is 0 Å². The Morgan fingerprint density at radius 3 is 2.63 bits per heavy atom. The molecule has 0 saturated heterocycles. The van der Waals surface area contributed by atoms with Gasteiger partial charge in [0.25, 0.3) is 5.69 Å². The lowest BCUT2D eigenvalue weighted by atomic mass is 10.2. The molecule has 6 heteroatoms. The molecule has 0 bridgehead atoms. The molecule has 4 nitrogen and oxygen atoms in total.